The van der Waals surface area contributed by atoms with Gasteiger partial charge in [-0.05, 0) is 44.0 Å². The van der Waals surface area contributed by atoms with Gasteiger partial charge in [-0.3, -0.25) is 0 Å². The number of imidazole rings is 1. The van der Waals surface area contributed by atoms with Crippen molar-refractivity contribution < 1.29 is 4.74 Å². The average Bonchev–Trinajstić information content (AvgIpc) is 3.21. The summed E-state index contributed by atoms with van der Waals surface area (Å²) in [5, 5.41) is 0. The van der Waals surface area contributed by atoms with Crippen molar-refractivity contribution in [1.82, 2.24) is 9.55 Å². The third-order valence-corrected chi connectivity index (χ3v) is 6.61. The maximum atomic E-state index is 6.25. The summed E-state index contributed by atoms with van der Waals surface area (Å²) in [6.45, 7) is 3.87. The van der Waals surface area contributed by atoms with E-state index in [9.17, 15) is 0 Å². The minimum atomic E-state index is -0.151. The van der Waals surface area contributed by atoms with Crippen LogP contribution in [0.3, 0.4) is 0 Å². The predicted molar refractivity (Wildman–Crippen MR) is 129 cm³/mol. The van der Waals surface area contributed by atoms with Crippen LogP contribution in [0.25, 0.3) is 22.5 Å². The van der Waals surface area contributed by atoms with E-state index in [4.69, 9.17) is 9.72 Å². The van der Waals surface area contributed by atoms with E-state index in [1.165, 1.54) is 11.3 Å². The van der Waals surface area contributed by atoms with Crippen molar-refractivity contribution in [1.29, 1.82) is 0 Å². The van der Waals surface area contributed by atoms with Crippen molar-refractivity contribution >= 4 is 15.9 Å². The van der Waals surface area contributed by atoms with E-state index in [-0.39, 0.29) is 5.41 Å². The van der Waals surface area contributed by atoms with Gasteiger partial charge in [0.1, 0.15) is 18.2 Å². The minimum absolute atomic E-state index is 0.151. The molecule has 1 atom stereocenters. The van der Waals surface area contributed by atoms with Crippen LogP contribution in [0, 0.1) is 0 Å². The van der Waals surface area contributed by atoms with Gasteiger partial charge in [-0.1, -0.05) is 76.6 Å². The van der Waals surface area contributed by atoms with E-state index >= 15 is 0 Å². The van der Waals surface area contributed by atoms with E-state index in [2.05, 4.69) is 88.1 Å². The molecule has 4 heteroatoms. The second kappa shape index (κ2) is 8.35. The van der Waals surface area contributed by atoms with Crippen LogP contribution in [-0.2, 0) is 12.0 Å². The lowest BCUT2D eigenvalue weighted by molar-refractivity contribution is 0.187. The molecule has 2 heterocycles. The maximum absolute atomic E-state index is 6.25. The highest BCUT2D eigenvalue weighted by atomic mass is 79.9. The summed E-state index contributed by atoms with van der Waals surface area (Å²) in [5.74, 6) is 2.01. The normalized spacial score (nSPS) is 17.9. The molecule has 1 aliphatic heterocycles. The number of nitrogens with zero attached hydrogens (tertiary/aromatic N) is 2. The molecule has 0 amide bonds. The Balaban J connectivity index is 1.58. The van der Waals surface area contributed by atoms with Crippen LogP contribution < -0.4 is 4.74 Å². The monoisotopic (exact) mass is 472 g/mol. The van der Waals surface area contributed by atoms with Crippen LogP contribution >= 0.6 is 15.9 Å². The number of ether oxygens (including phenoxy) is 1. The van der Waals surface area contributed by atoms with Gasteiger partial charge in [0.05, 0.1) is 16.8 Å². The molecule has 156 valence electrons. The number of fused-ring (bicyclic) bond motifs is 1. The number of halogens is 1. The topological polar surface area (TPSA) is 27.1 Å². The Morgan fingerprint density at radius 1 is 0.903 bits per heavy atom. The summed E-state index contributed by atoms with van der Waals surface area (Å²) in [6.07, 6.45) is 2.17. The quantitative estimate of drug-likeness (QED) is 0.309. The molecular formula is C27H25BrN2O. The first-order valence-electron chi connectivity index (χ1n) is 10.7. The highest BCUT2D eigenvalue weighted by molar-refractivity contribution is 9.10. The number of hydrogen-bond acceptors (Lipinski definition) is 2. The SMILES string of the molecule is C[C@@]1(COc2ccc(Br)cc2)CCCn2c1nc(-c1ccccc1)c2-c1ccccc1. The molecule has 1 aliphatic rings. The number of hydrogen-bond donors (Lipinski definition) is 0. The van der Waals surface area contributed by atoms with E-state index in [1.54, 1.807) is 0 Å². The number of benzene rings is 3. The minimum Gasteiger partial charge on any atom is -0.493 e. The zero-order valence-electron chi connectivity index (χ0n) is 17.6. The standard InChI is InChI=1S/C27H25BrN2O/c1-27(19-31-23-15-13-22(28)14-16-23)17-8-18-30-25(21-11-6-3-7-12-21)24(29-26(27)30)20-9-4-2-5-10-20/h2-7,9-16H,8,17-19H2,1H3/t27-/m0/s1. The summed E-state index contributed by atoms with van der Waals surface area (Å²) in [6, 6.07) is 29.2. The van der Waals surface area contributed by atoms with Gasteiger partial charge in [-0.2, -0.15) is 0 Å². The Bertz CT molecular complexity index is 1170. The molecule has 4 aromatic rings. The van der Waals surface area contributed by atoms with Crippen LogP contribution in [0.1, 0.15) is 25.6 Å². The molecular weight excluding hydrogens is 448 g/mol. The molecule has 5 rings (SSSR count). The van der Waals surface area contributed by atoms with Crippen molar-refractivity contribution in [2.24, 2.45) is 0 Å². The van der Waals surface area contributed by atoms with E-state index < -0.39 is 0 Å². The number of rotatable bonds is 5. The van der Waals surface area contributed by atoms with Gasteiger partial charge in [0.2, 0.25) is 0 Å². The molecule has 0 spiro atoms. The van der Waals surface area contributed by atoms with Crippen molar-refractivity contribution in [3.63, 3.8) is 0 Å². The molecule has 0 saturated carbocycles. The summed E-state index contributed by atoms with van der Waals surface area (Å²) in [7, 11) is 0. The summed E-state index contributed by atoms with van der Waals surface area (Å²) in [4.78, 5) is 5.25. The van der Waals surface area contributed by atoms with Crippen LogP contribution in [0.4, 0.5) is 0 Å². The Morgan fingerprint density at radius 2 is 1.55 bits per heavy atom. The Kier molecular flexibility index (Phi) is 5.41. The lowest BCUT2D eigenvalue weighted by Crippen LogP contribution is -2.37. The Morgan fingerprint density at radius 3 is 2.23 bits per heavy atom. The molecule has 0 bridgehead atoms. The van der Waals surface area contributed by atoms with Crippen molar-refractivity contribution in [2.75, 3.05) is 6.61 Å². The molecule has 0 radical (unpaired) electrons. The van der Waals surface area contributed by atoms with Crippen LogP contribution in [-0.4, -0.2) is 16.2 Å². The third kappa shape index (κ3) is 3.92. The van der Waals surface area contributed by atoms with Gasteiger partial charge in [0, 0.05) is 22.1 Å². The van der Waals surface area contributed by atoms with Gasteiger partial charge in [-0.25, -0.2) is 4.98 Å². The lowest BCUT2D eigenvalue weighted by atomic mass is 9.83. The van der Waals surface area contributed by atoms with Crippen molar-refractivity contribution in [2.45, 2.75) is 31.7 Å². The highest BCUT2D eigenvalue weighted by Crippen LogP contribution is 2.41. The smallest absolute Gasteiger partial charge is 0.119 e. The largest absolute Gasteiger partial charge is 0.493 e. The molecule has 3 nitrogen and oxygen atoms in total. The van der Waals surface area contributed by atoms with Gasteiger partial charge < -0.3 is 9.30 Å². The molecule has 0 saturated heterocycles. The molecule has 1 aromatic heterocycles. The summed E-state index contributed by atoms with van der Waals surface area (Å²) < 4.78 is 9.72. The second-order valence-corrected chi connectivity index (χ2v) is 9.34. The molecule has 3 aromatic carbocycles. The molecule has 0 unspecified atom stereocenters. The van der Waals surface area contributed by atoms with Crippen LogP contribution in [0.15, 0.2) is 89.4 Å². The predicted octanol–water partition coefficient (Wildman–Crippen LogP) is 7.11. The molecule has 0 N–H and O–H groups in total. The third-order valence-electron chi connectivity index (χ3n) is 6.08. The van der Waals surface area contributed by atoms with Gasteiger partial charge in [0.15, 0.2) is 0 Å². The Hall–Kier alpha value is -2.85. The fourth-order valence-corrected chi connectivity index (χ4v) is 4.73. The fourth-order valence-electron chi connectivity index (χ4n) is 4.47. The molecule has 31 heavy (non-hydrogen) atoms. The van der Waals surface area contributed by atoms with E-state index in [0.717, 1.165) is 46.7 Å². The highest BCUT2D eigenvalue weighted by Gasteiger charge is 2.38. The first kappa shape index (κ1) is 20.1. The van der Waals surface area contributed by atoms with Crippen molar-refractivity contribution in [3.05, 3.63) is 95.2 Å². The van der Waals surface area contributed by atoms with Gasteiger partial charge >= 0.3 is 0 Å². The van der Waals surface area contributed by atoms with Gasteiger partial charge in [0.25, 0.3) is 0 Å². The number of aromatic nitrogens is 2. The summed E-state index contributed by atoms with van der Waals surface area (Å²) in [5.41, 5.74) is 4.47. The fraction of sp³-hybridized carbons (Fsp3) is 0.222. The first-order valence-corrected chi connectivity index (χ1v) is 11.5. The lowest BCUT2D eigenvalue weighted by Gasteiger charge is -2.34. The average molecular weight is 473 g/mol. The molecule has 0 aliphatic carbocycles. The van der Waals surface area contributed by atoms with Gasteiger partial charge in [-0.15, -0.1) is 0 Å². The Labute approximate surface area is 191 Å². The van der Waals surface area contributed by atoms with Crippen LogP contribution in [0.5, 0.6) is 5.75 Å². The zero-order chi connectivity index (χ0) is 21.3. The van der Waals surface area contributed by atoms with Crippen molar-refractivity contribution in [3.8, 4) is 28.3 Å². The first-order chi connectivity index (χ1) is 15.1. The van der Waals surface area contributed by atoms with E-state index in [1.807, 2.05) is 24.3 Å². The molecule has 0 fully saturated rings. The zero-order valence-corrected chi connectivity index (χ0v) is 19.2. The second-order valence-electron chi connectivity index (χ2n) is 8.42. The summed E-state index contributed by atoms with van der Waals surface area (Å²) >= 11 is 3.49. The van der Waals surface area contributed by atoms with E-state index in [0.29, 0.717) is 6.61 Å². The van der Waals surface area contributed by atoms with Crippen LogP contribution in [0.2, 0.25) is 0 Å². The maximum Gasteiger partial charge on any atom is 0.119 e.